The maximum atomic E-state index is 11.8. The Hall–Kier alpha value is -2.96. The number of nitrogens with two attached hydrogens (primary N) is 1. The molecule has 0 bridgehead atoms. The fraction of sp³-hybridized carbons (Fsp3) is 0.0769. The van der Waals surface area contributed by atoms with E-state index in [0.29, 0.717) is 11.3 Å². The van der Waals surface area contributed by atoms with Crippen molar-refractivity contribution in [3.05, 3.63) is 58.8 Å². The van der Waals surface area contributed by atoms with E-state index in [-0.39, 0.29) is 18.0 Å². The summed E-state index contributed by atoms with van der Waals surface area (Å²) < 4.78 is 1.19. The molecule has 0 saturated heterocycles. The number of hydrogen-bond donors (Lipinski definition) is 2. The van der Waals surface area contributed by atoms with Crippen molar-refractivity contribution in [1.29, 1.82) is 0 Å². The Labute approximate surface area is 114 Å². The number of rotatable bonds is 4. The number of hydrogen-bond acceptors (Lipinski definition) is 4. The lowest BCUT2D eigenvalue weighted by atomic mass is 10.2. The summed E-state index contributed by atoms with van der Waals surface area (Å²) >= 11 is 0. The largest absolute Gasteiger partial charge is 0.366 e. The lowest BCUT2D eigenvalue weighted by Gasteiger charge is -2.07. The highest BCUT2D eigenvalue weighted by Gasteiger charge is 2.06. The van der Waals surface area contributed by atoms with Crippen LogP contribution in [0.4, 0.5) is 5.69 Å². The molecule has 0 aliphatic carbocycles. The Morgan fingerprint density at radius 1 is 1.20 bits per heavy atom. The first-order chi connectivity index (χ1) is 9.56. The Balaban J connectivity index is 2.03. The summed E-state index contributed by atoms with van der Waals surface area (Å²) in [5.41, 5.74) is 5.67. The summed E-state index contributed by atoms with van der Waals surface area (Å²) in [6, 6.07) is 7.41. The average molecular weight is 272 g/mol. The minimum absolute atomic E-state index is 0.135. The first-order valence-electron chi connectivity index (χ1n) is 5.76. The van der Waals surface area contributed by atoms with Gasteiger partial charge in [0, 0.05) is 23.5 Å². The first kappa shape index (κ1) is 13.5. The molecular weight excluding hydrogens is 260 g/mol. The molecule has 3 N–H and O–H groups in total. The molecule has 102 valence electrons. The van der Waals surface area contributed by atoms with Crippen molar-refractivity contribution in [3.63, 3.8) is 0 Å². The number of primary amides is 1. The highest BCUT2D eigenvalue weighted by Crippen LogP contribution is 2.09. The third-order valence-electron chi connectivity index (χ3n) is 2.56. The molecular formula is C13H12N4O3. The quantitative estimate of drug-likeness (QED) is 0.815. The fourth-order valence-electron chi connectivity index (χ4n) is 1.57. The smallest absolute Gasteiger partial charge is 0.253 e. The van der Waals surface area contributed by atoms with E-state index in [2.05, 4.69) is 10.3 Å². The lowest BCUT2D eigenvalue weighted by Crippen LogP contribution is -2.27. The minimum Gasteiger partial charge on any atom is -0.366 e. The number of carbonyl (C=O) groups excluding carboxylic acids is 2. The molecule has 0 unspecified atom stereocenters. The van der Waals surface area contributed by atoms with Gasteiger partial charge < -0.3 is 11.1 Å². The Bertz CT molecular complexity index is 691. The maximum Gasteiger partial charge on any atom is 0.253 e. The van der Waals surface area contributed by atoms with Crippen LogP contribution in [-0.4, -0.2) is 21.4 Å². The average Bonchev–Trinajstić information content (AvgIpc) is 2.42. The van der Waals surface area contributed by atoms with Gasteiger partial charge in [0.25, 0.3) is 5.56 Å². The number of amides is 2. The number of carbonyl (C=O) groups is 2. The van der Waals surface area contributed by atoms with E-state index in [0.717, 1.165) is 0 Å². The van der Waals surface area contributed by atoms with Crippen LogP contribution in [0.25, 0.3) is 0 Å². The van der Waals surface area contributed by atoms with Gasteiger partial charge in [0.15, 0.2) is 0 Å². The second-order valence-corrected chi connectivity index (χ2v) is 4.04. The predicted octanol–water partition coefficient (Wildman–Crippen LogP) is -0.0191. The summed E-state index contributed by atoms with van der Waals surface area (Å²) in [6.07, 6.45) is 2.65. The van der Waals surface area contributed by atoms with E-state index in [4.69, 9.17) is 5.73 Å². The molecule has 0 spiro atoms. The van der Waals surface area contributed by atoms with Gasteiger partial charge >= 0.3 is 0 Å². The third-order valence-corrected chi connectivity index (χ3v) is 2.56. The molecule has 0 fully saturated rings. The van der Waals surface area contributed by atoms with E-state index in [1.807, 2.05) is 0 Å². The molecule has 2 rings (SSSR count). The number of aromatic nitrogens is 2. The zero-order chi connectivity index (χ0) is 14.5. The van der Waals surface area contributed by atoms with E-state index >= 15 is 0 Å². The van der Waals surface area contributed by atoms with Gasteiger partial charge in [-0.05, 0) is 24.3 Å². The summed E-state index contributed by atoms with van der Waals surface area (Å²) in [5, 5.41) is 2.61. The van der Waals surface area contributed by atoms with Crippen molar-refractivity contribution < 1.29 is 9.59 Å². The number of nitrogens with zero attached hydrogens (tertiary/aromatic N) is 2. The molecule has 20 heavy (non-hydrogen) atoms. The maximum absolute atomic E-state index is 11.8. The van der Waals surface area contributed by atoms with Crippen molar-refractivity contribution in [3.8, 4) is 0 Å². The second-order valence-electron chi connectivity index (χ2n) is 4.04. The Morgan fingerprint density at radius 2 is 1.90 bits per heavy atom. The van der Waals surface area contributed by atoms with Crippen LogP contribution >= 0.6 is 0 Å². The summed E-state index contributed by atoms with van der Waals surface area (Å²) in [6.45, 7) is -0.135. The van der Waals surface area contributed by atoms with Gasteiger partial charge in [-0.15, -0.1) is 0 Å². The summed E-state index contributed by atoms with van der Waals surface area (Å²) in [4.78, 5) is 37.9. The molecule has 7 nitrogen and oxygen atoms in total. The van der Waals surface area contributed by atoms with Gasteiger partial charge in [-0.3, -0.25) is 19.0 Å². The van der Waals surface area contributed by atoms with Gasteiger partial charge in [-0.2, -0.15) is 0 Å². The van der Waals surface area contributed by atoms with E-state index in [9.17, 15) is 14.4 Å². The SMILES string of the molecule is NC(=O)c1ccc(NC(=O)Cn2cnccc2=O)cc1. The number of nitrogens with one attached hydrogen (secondary N) is 1. The van der Waals surface area contributed by atoms with Crippen molar-refractivity contribution >= 4 is 17.5 Å². The van der Waals surface area contributed by atoms with E-state index in [1.165, 1.54) is 35.3 Å². The molecule has 7 heteroatoms. The standard InChI is InChI=1S/C13H12N4O3/c14-13(20)9-1-3-10(4-2-9)16-11(18)7-17-8-15-6-5-12(17)19/h1-6,8H,7H2,(H2,14,20)(H,16,18). The van der Waals surface area contributed by atoms with Crippen LogP contribution in [-0.2, 0) is 11.3 Å². The molecule has 0 atom stereocenters. The van der Waals surface area contributed by atoms with Gasteiger partial charge in [-0.1, -0.05) is 0 Å². The second kappa shape index (κ2) is 5.79. The molecule has 1 heterocycles. The fourth-order valence-corrected chi connectivity index (χ4v) is 1.57. The topological polar surface area (TPSA) is 107 Å². The molecule has 0 aliphatic rings. The minimum atomic E-state index is -0.537. The van der Waals surface area contributed by atoms with Crippen molar-refractivity contribution in [2.75, 3.05) is 5.32 Å². The zero-order valence-corrected chi connectivity index (χ0v) is 10.4. The molecule has 0 saturated carbocycles. The lowest BCUT2D eigenvalue weighted by molar-refractivity contribution is -0.116. The monoisotopic (exact) mass is 272 g/mol. The Morgan fingerprint density at radius 3 is 2.50 bits per heavy atom. The number of anilines is 1. The molecule has 2 amide bonds. The van der Waals surface area contributed by atoms with Crippen molar-refractivity contribution in [1.82, 2.24) is 9.55 Å². The van der Waals surface area contributed by atoms with E-state index < -0.39 is 5.91 Å². The van der Waals surface area contributed by atoms with Crippen molar-refractivity contribution in [2.45, 2.75) is 6.54 Å². The molecule has 1 aromatic carbocycles. The van der Waals surface area contributed by atoms with Crippen LogP contribution < -0.4 is 16.6 Å². The summed E-state index contributed by atoms with van der Waals surface area (Å²) in [5.74, 6) is -0.906. The van der Waals surface area contributed by atoms with Gasteiger partial charge in [0.1, 0.15) is 6.54 Å². The van der Waals surface area contributed by atoms with Crippen LogP contribution in [0.3, 0.4) is 0 Å². The zero-order valence-electron chi connectivity index (χ0n) is 10.4. The molecule has 1 aromatic heterocycles. The van der Waals surface area contributed by atoms with Crippen LogP contribution in [0.15, 0.2) is 47.7 Å². The normalized spacial score (nSPS) is 10.0. The van der Waals surface area contributed by atoms with Gasteiger partial charge in [0.2, 0.25) is 11.8 Å². The van der Waals surface area contributed by atoms with E-state index in [1.54, 1.807) is 12.1 Å². The van der Waals surface area contributed by atoms with Crippen LogP contribution in [0.5, 0.6) is 0 Å². The van der Waals surface area contributed by atoms with Crippen LogP contribution in [0.1, 0.15) is 10.4 Å². The van der Waals surface area contributed by atoms with Gasteiger partial charge in [-0.25, -0.2) is 4.98 Å². The highest BCUT2D eigenvalue weighted by atomic mass is 16.2. The van der Waals surface area contributed by atoms with Crippen molar-refractivity contribution in [2.24, 2.45) is 5.73 Å². The van der Waals surface area contributed by atoms with Crippen LogP contribution in [0, 0.1) is 0 Å². The molecule has 2 aromatic rings. The third kappa shape index (κ3) is 3.29. The Kier molecular flexibility index (Phi) is 3.90. The first-order valence-corrected chi connectivity index (χ1v) is 5.76. The highest BCUT2D eigenvalue weighted by molar-refractivity contribution is 5.94. The summed E-state index contributed by atoms with van der Waals surface area (Å²) in [7, 11) is 0. The molecule has 0 radical (unpaired) electrons. The van der Waals surface area contributed by atoms with Crippen LogP contribution in [0.2, 0.25) is 0 Å². The van der Waals surface area contributed by atoms with Gasteiger partial charge in [0.05, 0.1) is 6.33 Å². The number of benzene rings is 1. The molecule has 0 aliphatic heterocycles. The predicted molar refractivity (Wildman–Crippen MR) is 72.1 cm³/mol.